The lowest BCUT2D eigenvalue weighted by molar-refractivity contribution is -0.384. The van der Waals surface area contributed by atoms with Crippen molar-refractivity contribution in [1.82, 2.24) is 5.32 Å². The van der Waals surface area contributed by atoms with E-state index in [2.05, 4.69) is 0 Å². The van der Waals surface area contributed by atoms with Crippen LogP contribution in [0.5, 0.6) is 0 Å². The molecule has 1 saturated heterocycles. The molecule has 120 valence electrons. The number of nitrogens with one attached hydrogen (secondary N) is 1. The van der Waals surface area contributed by atoms with Gasteiger partial charge in [-0.15, -0.1) is 0 Å². The molecule has 0 spiro atoms. The summed E-state index contributed by atoms with van der Waals surface area (Å²) in [6, 6.07) is 2.47. The molecule has 1 amide bonds. The Morgan fingerprint density at radius 3 is 2.68 bits per heavy atom. The fourth-order valence-corrected chi connectivity index (χ4v) is 2.31. The van der Waals surface area contributed by atoms with Crippen LogP contribution in [0.1, 0.15) is 6.42 Å². The Kier molecular flexibility index (Phi) is 4.20. The van der Waals surface area contributed by atoms with E-state index >= 15 is 0 Å². The first-order valence-electron chi connectivity index (χ1n) is 6.25. The van der Waals surface area contributed by atoms with Crippen LogP contribution < -0.4 is 10.2 Å². The molecule has 1 atom stereocenters. The van der Waals surface area contributed by atoms with E-state index in [-0.39, 0.29) is 25.2 Å². The van der Waals surface area contributed by atoms with Gasteiger partial charge in [-0.1, -0.05) is 6.07 Å². The number of alkyl halides is 3. The van der Waals surface area contributed by atoms with Gasteiger partial charge >= 0.3 is 12.1 Å². The molecule has 1 N–H and O–H groups in total. The second-order valence-corrected chi connectivity index (χ2v) is 4.77. The molecule has 0 saturated carbocycles. The number of carbonyl (C=O) groups excluding carboxylic acids is 1. The number of rotatable bonds is 3. The summed E-state index contributed by atoms with van der Waals surface area (Å²) < 4.78 is 50.4. The smallest absolute Gasteiger partial charge is 0.361 e. The first-order valence-corrected chi connectivity index (χ1v) is 6.25. The summed E-state index contributed by atoms with van der Waals surface area (Å²) in [7, 11) is 0. The minimum absolute atomic E-state index is 0.102. The third kappa shape index (κ3) is 3.26. The topological polar surface area (TPSA) is 75.5 Å². The van der Waals surface area contributed by atoms with Gasteiger partial charge in [0.1, 0.15) is 0 Å². The molecule has 1 aliphatic heterocycles. The van der Waals surface area contributed by atoms with Crippen molar-refractivity contribution >= 4 is 17.3 Å². The fraction of sp³-hybridized carbons (Fsp3) is 0.417. The highest BCUT2D eigenvalue weighted by Crippen LogP contribution is 2.33. The monoisotopic (exact) mass is 321 g/mol. The average Bonchev–Trinajstić information content (AvgIpc) is 2.85. The molecular formula is C12H11F4N3O3. The molecule has 1 aromatic carbocycles. The van der Waals surface area contributed by atoms with E-state index in [1.54, 1.807) is 5.32 Å². The van der Waals surface area contributed by atoms with E-state index in [9.17, 15) is 32.5 Å². The van der Waals surface area contributed by atoms with Gasteiger partial charge in [0.15, 0.2) is 11.5 Å². The van der Waals surface area contributed by atoms with Crippen molar-refractivity contribution in [2.45, 2.75) is 18.6 Å². The van der Waals surface area contributed by atoms with Crippen LogP contribution in [0, 0.1) is 15.9 Å². The van der Waals surface area contributed by atoms with Crippen LogP contribution in [0.4, 0.5) is 28.9 Å². The molecule has 1 unspecified atom stereocenters. The number of carbonyl (C=O) groups is 1. The summed E-state index contributed by atoms with van der Waals surface area (Å²) >= 11 is 0. The van der Waals surface area contributed by atoms with Gasteiger partial charge in [0.2, 0.25) is 0 Å². The molecule has 1 heterocycles. The van der Waals surface area contributed by atoms with Gasteiger partial charge in [0.05, 0.1) is 4.92 Å². The number of hydrogen-bond donors (Lipinski definition) is 1. The number of halogens is 4. The molecule has 1 fully saturated rings. The second-order valence-electron chi connectivity index (χ2n) is 4.77. The number of anilines is 1. The number of hydrogen-bond acceptors (Lipinski definition) is 4. The Labute approximate surface area is 121 Å². The Bertz CT molecular complexity index is 606. The predicted molar refractivity (Wildman–Crippen MR) is 67.9 cm³/mol. The van der Waals surface area contributed by atoms with Crippen molar-refractivity contribution in [1.29, 1.82) is 0 Å². The van der Waals surface area contributed by atoms with Crippen LogP contribution in [0.15, 0.2) is 18.2 Å². The standard InChI is InChI=1S/C12H11F4N3O3/c13-8-2-1-3-9(19(21)22)10(8)18-5-4-7(6-18)17-11(20)12(14,15)16/h1-3,7H,4-6H2,(H,17,20). The van der Waals surface area contributed by atoms with Gasteiger partial charge in [-0.25, -0.2) is 4.39 Å². The molecule has 0 aliphatic carbocycles. The molecule has 0 bridgehead atoms. The molecule has 10 heteroatoms. The SMILES string of the molecule is O=C(NC1CCN(c2c(F)cccc2[N+](=O)[O-])C1)C(F)(F)F. The number of para-hydroxylation sites is 1. The maximum Gasteiger partial charge on any atom is 0.471 e. The lowest BCUT2D eigenvalue weighted by Gasteiger charge is -2.19. The zero-order chi connectivity index (χ0) is 16.5. The summed E-state index contributed by atoms with van der Waals surface area (Å²) in [5.74, 6) is -2.92. The molecule has 6 nitrogen and oxygen atoms in total. The minimum Gasteiger partial charge on any atom is -0.361 e. The van der Waals surface area contributed by atoms with Crippen molar-refractivity contribution in [2.24, 2.45) is 0 Å². The molecule has 2 rings (SSSR count). The van der Waals surface area contributed by atoms with Gasteiger partial charge in [-0.05, 0) is 12.5 Å². The highest BCUT2D eigenvalue weighted by molar-refractivity contribution is 5.82. The lowest BCUT2D eigenvalue weighted by atomic mass is 10.2. The van der Waals surface area contributed by atoms with Crippen LogP contribution in [-0.2, 0) is 4.79 Å². The molecule has 1 aliphatic rings. The summed E-state index contributed by atoms with van der Waals surface area (Å²) in [5, 5.41) is 12.7. The molecular weight excluding hydrogens is 310 g/mol. The maximum atomic E-state index is 13.8. The highest BCUT2D eigenvalue weighted by Gasteiger charge is 2.41. The van der Waals surface area contributed by atoms with E-state index in [1.165, 1.54) is 11.0 Å². The number of nitro groups is 1. The molecule has 0 aromatic heterocycles. The largest absolute Gasteiger partial charge is 0.471 e. The van der Waals surface area contributed by atoms with Crippen LogP contribution in [0.2, 0.25) is 0 Å². The third-order valence-corrected chi connectivity index (χ3v) is 3.26. The minimum atomic E-state index is -5.00. The summed E-state index contributed by atoms with van der Waals surface area (Å²) in [4.78, 5) is 22.3. The average molecular weight is 321 g/mol. The number of benzene rings is 1. The van der Waals surface area contributed by atoms with Gasteiger partial charge in [0, 0.05) is 25.2 Å². The van der Waals surface area contributed by atoms with Gasteiger partial charge in [-0.2, -0.15) is 13.2 Å². The van der Waals surface area contributed by atoms with E-state index in [4.69, 9.17) is 0 Å². The van der Waals surface area contributed by atoms with Gasteiger partial charge in [0.25, 0.3) is 5.69 Å². The second kappa shape index (κ2) is 5.78. The van der Waals surface area contributed by atoms with Crippen LogP contribution >= 0.6 is 0 Å². The van der Waals surface area contributed by atoms with E-state index < -0.39 is 34.6 Å². The van der Waals surface area contributed by atoms with Crippen LogP contribution in [-0.4, -0.2) is 36.1 Å². The first-order chi connectivity index (χ1) is 10.2. The number of nitro benzene ring substituents is 1. The van der Waals surface area contributed by atoms with Crippen LogP contribution in [0.3, 0.4) is 0 Å². The quantitative estimate of drug-likeness (QED) is 0.525. The maximum absolute atomic E-state index is 13.8. The van der Waals surface area contributed by atoms with Gasteiger partial charge in [-0.3, -0.25) is 14.9 Å². The van der Waals surface area contributed by atoms with Gasteiger partial charge < -0.3 is 10.2 Å². The van der Waals surface area contributed by atoms with E-state index in [0.717, 1.165) is 12.1 Å². The number of nitrogens with zero attached hydrogens (tertiary/aromatic N) is 2. The zero-order valence-electron chi connectivity index (χ0n) is 11.1. The summed E-state index contributed by atoms with van der Waals surface area (Å²) in [6.07, 6.45) is -4.87. The third-order valence-electron chi connectivity index (χ3n) is 3.26. The molecule has 22 heavy (non-hydrogen) atoms. The number of amides is 1. The fourth-order valence-electron chi connectivity index (χ4n) is 2.31. The first kappa shape index (κ1) is 16.0. The normalized spacial score (nSPS) is 18.4. The van der Waals surface area contributed by atoms with Crippen molar-refractivity contribution in [2.75, 3.05) is 18.0 Å². The van der Waals surface area contributed by atoms with Crippen molar-refractivity contribution < 1.29 is 27.3 Å². The van der Waals surface area contributed by atoms with Crippen molar-refractivity contribution in [3.8, 4) is 0 Å². The van der Waals surface area contributed by atoms with Crippen molar-refractivity contribution in [3.05, 3.63) is 34.1 Å². The lowest BCUT2D eigenvalue weighted by Crippen LogP contribution is -2.44. The summed E-state index contributed by atoms with van der Waals surface area (Å²) in [6.45, 7) is -0.0336. The zero-order valence-corrected chi connectivity index (χ0v) is 11.1. The van der Waals surface area contributed by atoms with Crippen molar-refractivity contribution in [3.63, 3.8) is 0 Å². The van der Waals surface area contributed by atoms with E-state index in [1.807, 2.05) is 0 Å². The predicted octanol–water partition coefficient (Wildman–Crippen LogP) is 1.99. The molecule has 1 aromatic rings. The Morgan fingerprint density at radius 2 is 2.09 bits per heavy atom. The summed E-state index contributed by atoms with van der Waals surface area (Å²) in [5.41, 5.74) is -0.751. The Balaban J connectivity index is 2.14. The Hall–Kier alpha value is -2.39. The molecule has 0 radical (unpaired) electrons. The Morgan fingerprint density at radius 1 is 1.41 bits per heavy atom. The van der Waals surface area contributed by atoms with Crippen LogP contribution in [0.25, 0.3) is 0 Å². The van der Waals surface area contributed by atoms with E-state index in [0.29, 0.717) is 0 Å². The highest BCUT2D eigenvalue weighted by atomic mass is 19.4.